The summed E-state index contributed by atoms with van der Waals surface area (Å²) >= 11 is 0.896. The minimum atomic E-state index is -5.09. The van der Waals surface area contributed by atoms with Crippen LogP contribution in [0.5, 0.6) is 5.75 Å². The molecule has 4 heterocycles. The van der Waals surface area contributed by atoms with Crippen molar-refractivity contribution in [3.63, 3.8) is 0 Å². The van der Waals surface area contributed by atoms with Crippen LogP contribution >= 0.6 is 11.3 Å². The molecule has 4 amide bonds. The number of carbonyl (C=O) groups is 5. The van der Waals surface area contributed by atoms with Gasteiger partial charge >= 0.3 is 28.6 Å². The van der Waals surface area contributed by atoms with Crippen molar-refractivity contribution < 1.29 is 69.6 Å². The topological polar surface area (TPSA) is 267 Å². The van der Waals surface area contributed by atoms with Gasteiger partial charge in [-0.15, -0.1) is 15.6 Å². The number of fused-ring (bicyclic) bond motifs is 1. The minimum Gasteiger partial charge on any atom is -0.489 e. The molecule has 5 rings (SSSR count). The fraction of sp³-hybridized carbons (Fsp3) is 0.561. The number of rotatable bonds is 15. The molecule has 0 spiro atoms. The van der Waals surface area contributed by atoms with Crippen LogP contribution in [0.3, 0.4) is 0 Å². The highest BCUT2D eigenvalue weighted by molar-refractivity contribution is 7.80. The van der Waals surface area contributed by atoms with Crippen molar-refractivity contribution in [3.8, 4) is 5.75 Å². The van der Waals surface area contributed by atoms with Crippen molar-refractivity contribution in [1.29, 1.82) is 0 Å². The Balaban J connectivity index is 1.34. The van der Waals surface area contributed by atoms with E-state index in [4.69, 9.17) is 28.3 Å². The van der Waals surface area contributed by atoms with E-state index in [0.717, 1.165) is 27.9 Å². The minimum absolute atomic E-state index is 0.00726. The summed E-state index contributed by atoms with van der Waals surface area (Å²) in [5.41, 5.74) is -4.60. The molecule has 4 N–H and O–H groups in total. The summed E-state index contributed by atoms with van der Waals surface area (Å²) < 4.78 is 60.6. The molecule has 24 heteroatoms. The second-order valence-electron chi connectivity index (χ2n) is 18.9. The van der Waals surface area contributed by atoms with Crippen LogP contribution in [-0.4, -0.2) is 124 Å². The normalized spacial score (nSPS) is 17.3. The molecule has 2 atom stereocenters. The van der Waals surface area contributed by atoms with E-state index in [1.165, 1.54) is 19.2 Å². The Morgan fingerprint density at radius 2 is 1.63 bits per heavy atom. The fourth-order valence-corrected chi connectivity index (χ4v) is 7.40. The predicted molar refractivity (Wildman–Crippen MR) is 235 cm³/mol. The molecular formula is C41H57N8O14S2+. The number of nitrogens with one attached hydrogen (secondary N) is 3. The number of esters is 1. The average molecular weight is 950 g/mol. The summed E-state index contributed by atoms with van der Waals surface area (Å²) in [4.78, 5) is 76.8. The Labute approximate surface area is 380 Å². The van der Waals surface area contributed by atoms with E-state index < -0.39 is 81.1 Å². The Morgan fingerprint density at radius 3 is 2.23 bits per heavy atom. The third kappa shape index (κ3) is 13.8. The first-order valence-electron chi connectivity index (χ1n) is 20.4. The van der Waals surface area contributed by atoms with Gasteiger partial charge in [0.1, 0.15) is 40.9 Å². The van der Waals surface area contributed by atoms with Crippen molar-refractivity contribution in [3.05, 3.63) is 41.5 Å². The maximum atomic E-state index is 13.9. The predicted octanol–water partition coefficient (Wildman–Crippen LogP) is 4.10. The van der Waals surface area contributed by atoms with Crippen molar-refractivity contribution in [1.82, 2.24) is 20.3 Å². The zero-order valence-electron chi connectivity index (χ0n) is 38.3. The van der Waals surface area contributed by atoms with Crippen LogP contribution in [0.4, 0.5) is 20.5 Å². The highest BCUT2D eigenvalue weighted by atomic mass is 32.3. The summed E-state index contributed by atoms with van der Waals surface area (Å²) in [6.07, 6.45) is -0.838. The molecule has 2 aliphatic rings. The van der Waals surface area contributed by atoms with Gasteiger partial charge in [-0.05, 0) is 93.7 Å². The van der Waals surface area contributed by atoms with Gasteiger partial charge in [0.15, 0.2) is 10.8 Å². The Morgan fingerprint density at radius 1 is 0.985 bits per heavy atom. The number of likely N-dealkylation sites (tertiary alicyclic amines) is 1. The van der Waals surface area contributed by atoms with Crippen molar-refractivity contribution in [2.45, 2.75) is 111 Å². The number of hydrogen-bond donors (Lipinski definition) is 4. The van der Waals surface area contributed by atoms with Crippen LogP contribution < -0.4 is 25.3 Å². The number of hydrogen-bond acceptors (Lipinski definition) is 17. The van der Waals surface area contributed by atoms with Gasteiger partial charge in [-0.1, -0.05) is 11.2 Å². The number of aryl methyl sites for hydroxylation is 1. The van der Waals surface area contributed by atoms with Crippen LogP contribution in [-0.2, 0) is 55.2 Å². The highest BCUT2D eigenvalue weighted by Gasteiger charge is 2.58. The number of benzene rings is 1. The number of carbonyl (C=O) groups excluding carboxylic acids is 5. The number of aromatic nitrogens is 2. The van der Waals surface area contributed by atoms with Gasteiger partial charge in [-0.2, -0.15) is 13.5 Å². The molecule has 22 nitrogen and oxygen atoms in total. The van der Waals surface area contributed by atoms with E-state index >= 15 is 0 Å². The molecule has 2 saturated heterocycles. The molecule has 2 aromatic heterocycles. The van der Waals surface area contributed by atoms with Gasteiger partial charge in [0.25, 0.3) is 23.7 Å². The molecule has 0 saturated carbocycles. The maximum absolute atomic E-state index is 13.9. The first-order valence-corrected chi connectivity index (χ1v) is 22.6. The number of pyridine rings is 1. The molecule has 2 aliphatic heterocycles. The standard InChI is InChI=1S/C41H56N8O14S2/c1-38(2,3)59-34(52)28(21-58-26-14-13-24-16-29(47(12)20-25(24)15-26)42-17-23-18-48(19-23)37(54)61-40(7,8)9)62-46-30(27-22-64-35(43-27)45-36(53)60-39(4,5)6)32(50)44-31-33(51)49(41(31,10)11)63-65(55,56)57/h13-16,20,22-23,28,31H,17-19,21H2,1-12H3,(H3,43,44,45,50,53,55,56,57)/p+1/b46-30-. The summed E-state index contributed by atoms with van der Waals surface area (Å²) in [5.74, 6) is -1.53. The highest BCUT2D eigenvalue weighted by Crippen LogP contribution is 2.33. The lowest BCUT2D eigenvalue weighted by molar-refractivity contribution is -0.655. The van der Waals surface area contributed by atoms with Crippen molar-refractivity contribution in [2.75, 3.05) is 36.9 Å². The molecule has 2 unspecified atom stereocenters. The second-order valence-corrected chi connectivity index (χ2v) is 20.8. The van der Waals surface area contributed by atoms with E-state index in [1.807, 2.05) is 50.7 Å². The number of ether oxygens (including phenoxy) is 4. The first-order chi connectivity index (χ1) is 29.9. The second kappa shape index (κ2) is 18.9. The monoisotopic (exact) mass is 949 g/mol. The largest absolute Gasteiger partial charge is 0.489 e. The smallest absolute Gasteiger partial charge is 0.418 e. The zero-order valence-corrected chi connectivity index (χ0v) is 40.0. The molecule has 0 bridgehead atoms. The molecule has 1 aromatic carbocycles. The van der Waals surface area contributed by atoms with Crippen LogP contribution in [0, 0.1) is 5.92 Å². The number of β-lactam (4-membered cyclic amide) rings is 1. The Kier molecular flexibility index (Phi) is 14.6. The fourth-order valence-electron chi connectivity index (χ4n) is 6.26. The number of nitrogens with zero attached hydrogens (tertiary/aromatic N) is 5. The zero-order chi connectivity index (χ0) is 48.4. The SMILES string of the molecule is C[n+]1cc2cc(OCC(O/N=C(\C(=O)NC3C(=O)N(OS(=O)(=O)O)C3(C)C)c3csc(NC(=O)OC(C)(C)C)n3)C(=O)OC(C)(C)C)ccc2cc1NCC1CN(C(=O)OC(C)(C)C)C1. The lowest BCUT2D eigenvalue weighted by atomic mass is 9.84. The van der Waals surface area contributed by atoms with E-state index in [0.29, 0.717) is 30.4 Å². The third-order valence-corrected chi connectivity index (χ3v) is 10.4. The number of hydroxylamine groups is 2. The Hall–Kier alpha value is -5.85. The number of amides is 4. The molecule has 65 heavy (non-hydrogen) atoms. The van der Waals surface area contributed by atoms with E-state index in [1.54, 1.807) is 58.6 Å². The molecular weight excluding hydrogens is 893 g/mol. The van der Waals surface area contributed by atoms with E-state index in [9.17, 15) is 32.4 Å². The van der Waals surface area contributed by atoms with Gasteiger partial charge in [0.2, 0.25) is 0 Å². The van der Waals surface area contributed by atoms with Gasteiger partial charge in [0, 0.05) is 35.8 Å². The summed E-state index contributed by atoms with van der Waals surface area (Å²) in [5, 5.41) is 15.8. The average Bonchev–Trinajstić information content (AvgIpc) is 3.58. The van der Waals surface area contributed by atoms with Crippen molar-refractivity contribution in [2.24, 2.45) is 18.1 Å². The Bertz CT molecular complexity index is 2450. The van der Waals surface area contributed by atoms with Gasteiger partial charge in [0.05, 0.1) is 25.3 Å². The van der Waals surface area contributed by atoms with Crippen LogP contribution in [0.25, 0.3) is 10.8 Å². The summed E-state index contributed by atoms with van der Waals surface area (Å²) in [6.45, 7) is 19.5. The van der Waals surface area contributed by atoms with Crippen LogP contribution in [0.1, 0.15) is 81.9 Å². The third-order valence-electron chi connectivity index (χ3n) is 9.28. The van der Waals surface area contributed by atoms with Crippen molar-refractivity contribution >= 4 is 79.1 Å². The quantitative estimate of drug-likeness (QED) is 0.0318. The van der Waals surface area contributed by atoms with Crippen LogP contribution in [0.2, 0.25) is 0 Å². The molecule has 3 aromatic rings. The van der Waals surface area contributed by atoms with Gasteiger partial charge in [-0.25, -0.2) is 23.9 Å². The molecule has 356 valence electrons. The molecule has 2 fully saturated rings. The lowest BCUT2D eigenvalue weighted by Crippen LogP contribution is -2.76. The number of anilines is 2. The first kappa shape index (κ1) is 50.2. The molecule has 0 radical (unpaired) electrons. The van der Waals surface area contributed by atoms with E-state index in [2.05, 4.69) is 30.4 Å². The lowest BCUT2D eigenvalue weighted by Gasteiger charge is -2.50. The molecule has 0 aliphatic carbocycles. The number of thiazole rings is 1. The summed E-state index contributed by atoms with van der Waals surface area (Å²) in [7, 11) is -3.21. The number of oxime groups is 1. The van der Waals surface area contributed by atoms with Crippen LogP contribution in [0.15, 0.2) is 41.0 Å². The van der Waals surface area contributed by atoms with Gasteiger partial charge < -0.3 is 34.0 Å². The van der Waals surface area contributed by atoms with Gasteiger partial charge in [-0.3, -0.25) is 24.8 Å². The van der Waals surface area contributed by atoms with E-state index in [-0.39, 0.29) is 22.8 Å². The maximum Gasteiger partial charge on any atom is 0.418 e. The summed E-state index contributed by atoms with van der Waals surface area (Å²) in [6, 6.07) is 5.88.